The summed E-state index contributed by atoms with van der Waals surface area (Å²) in [5.74, 6) is 0. The molecule has 0 N–H and O–H groups in total. The van der Waals surface area contributed by atoms with Crippen molar-refractivity contribution in [3.05, 3.63) is 218 Å². The molecule has 0 spiro atoms. The van der Waals surface area contributed by atoms with E-state index in [2.05, 4.69) is 209 Å². The van der Waals surface area contributed by atoms with Crippen molar-refractivity contribution >= 4 is 94.4 Å². The lowest BCUT2D eigenvalue weighted by molar-refractivity contribution is 0.671. The van der Waals surface area contributed by atoms with Gasteiger partial charge in [-0.1, -0.05) is 152 Å². The maximum Gasteiger partial charge on any atom is 0.179 e. The Hall–Kier alpha value is -7.91. The minimum atomic E-state index is -3.10. The van der Waals surface area contributed by atoms with Crippen LogP contribution in [0.3, 0.4) is 0 Å². The van der Waals surface area contributed by atoms with Gasteiger partial charge >= 0.3 is 0 Å². The first-order valence-electron chi connectivity index (χ1n) is 20.3. The highest BCUT2D eigenvalue weighted by atomic mass is 28.3. The van der Waals surface area contributed by atoms with E-state index in [9.17, 15) is 5.26 Å². The Morgan fingerprint density at radius 2 is 0.883 bits per heavy atom. The van der Waals surface area contributed by atoms with Crippen molar-refractivity contribution in [1.82, 2.24) is 9.13 Å². The van der Waals surface area contributed by atoms with Crippen LogP contribution in [0.4, 0.5) is 0 Å². The predicted octanol–water partition coefficient (Wildman–Crippen LogP) is 11.0. The average Bonchev–Trinajstić information content (AvgIpc) is 3.98. The number of nitriles is 1. The van der Waals surface area contributed by atoms with Crippen LogP contribution in [0.25, 0.3) is 76.9 Å². The van der Waals surface area contributed by atoms with Crippen molar-refractivity contribution < 1.29 is 4.42 Å². The first-order valence-corrected chi connectivity index (χ1v) is 22.3. The van der Waals surface area contributed by atoms with Gasteiger partial charge in [-0.3, -0.25) is 0 Å². The lowest BCUT2D eigenvalue weighted by atomic mass is 10.1. The van der Waals surface area contributed by atoms with E-state index in [0.717, 1.165) is 66.0 Å². The smallest absolute Gasteiger partial charge is 0.179 e. The molecule has 4 nitrogen and oxygen atoms in total. The van der Waals surface area contributed by atoms with E-state index in [1.165, 1.54) is 31.7 Å². The fraction of sp³-hybridized carbons (Fsp3) is 0. The van der Waals surface area contributed by atoms with Crippen molar-refractivity contribution in [3.8, 4) is 17.4 Å². The Kier molecular flexibility index (Phi) is 7.58. The van der Waals surface area contributed by atoms with Crippen LogP contribution in [0.1, 0.15) is 5.56 Å². The molecule has 0 aliphatic carbocycles. The van der Waals surface area contributed by atoms with Crippen LogP contribution in [-0.4, -0.2) is 17.2 Å². The molecule has 9 aromatic carbocycles. The van der Waals surface area contributed by atoms with Crippen LogP contribution in [0.15, 0.2) is 217 Å². The molecule has 0 aliphatic heterocycles. The lowest BCUT2D eigenvalue weighted by Gasteiger charge is -2.35. The predicted molar refractivity (Wildman–Crippen MR) is 251 cm³/mol. The summed E-state index contributed by atoms with van der Waals surface area (Å²) in [7, 11) is -3.10. The number of para-hydroxylation sites is 4. The molecule has 280 valence electrons. The molecule has 60 heavy (non-hydrogen) atoms. The normalized spacial score (nSPS) is 12.0. The van der Waals surface area contributed by atoms with Gasteiger partial charge in [0.15, 0.2) is 13.7 Å². The fourth-order valence-corrected chi connectivity index (χ4v) is 14.7. The Bertz CT molecular complexity index is 3570. The maximum atomic E-state index is 10.8. The molecule has 0 atom stereocenters. The number of hydrogen-bond donors (Lipinski definition) is 0. The Morgan fingerprint density at radius 1 is 0.383 bits per heavy atom. The van der Waals surface area contributed by atoms with Gasteiger partial charge in [0.2, 0.25) is 0 Å². The molecule has 0 fully saturated rings. The third-order valence-corrected chi connectivity index (χ3v) is 17.2. The Balaban J connectivity index is 1.14. The van der Waals surface area contributed by atoms with Crippen molar-refractivity contribution in [2.45, 2.75) is 0 Å². The van der Waals surface area contributed by atoms with E-state index in [1.54, 1.807) is 0 Å². The molecule has 0 unspecified atom stereocenters. The fourth-order valence-electron chi connectivity index (χ4n) is 9.96. The highest BCUT2D eigenvalue weighted by Gasteiger charge is 2.42. The van der Waals surface area contributed by atoms with Crippen LogP contribution in [0.5, 0.6) is 0 Å². The molecular weight excluding hydrogens is 747 g/mol. The molecule has 0 radical (unpaired) electrons. The summed E-state index contributed by atoms with van der Waals surface area (Å²) in [5.41, 5.74) is 8.84. The molecule has 0 amide bonds. The number of fused-ring (bicyclic) bond motifs is 10. The zero-order chi connectivity index (χ0) is 39.8. The second kappa shape index (κ2) is 13.3. The molecule has 0 aliphatic rings. The molecule has 0 saturated heterocycles. The molecular formula is C55H35N3OSi. The van der Waals surface area contributed by atoms with Crippen LogP contribution >= 0.6 is 0 Å². The average molecular weight is 782 g/mol. The van der Waals surface area contributed by atoms with Gasteiger partial charge in [0.25, 0.3) is 0 Å². The highest BCUT2D eigenvalue weighted by Crippen LogP contribution is 2.40. The van der Waals surface area contributed by atoms with Gasteiger partial charge in [0, 0.05) is 43.7 Å². The van der Waals surface area contributed by atoms with Gasteiger partial charge in [-0.2, -0.15) is 5.26 Å². The topological polar surface area (TPSA) is 46.8 Å². The molecule has 3 aromatic heterocycles. The van der Waals surface area contributed by atoms with Gasteiger partial charge in [0.1, 0.15) is 5.58 Å². The maximum absolute atomic E-state index is 10.8. The molecule has 12 aromatic rings. The number of nitrogens with zero attached hydrogens (tertiary/aromatic N) is 3. The van der Waals surface area contributed by atoms with Gasteiger partial charge < -0.3 is 13.6 Å². The summed E-state index contributed by atoms with van der Waals surface area (Å²) in [4.78, 5) is 0. The van der Waals surface area contributed by atoms with Crippen molar-refractivity contribution in [3.63, 3.8) is 0 Å². The largest absolute Gasteiger partial charge is 0.454 e. The zero-order valence-electron chi connectivity index (χ0n) is 32.5. The van der Waals surface area contributed by atoms with Gasteiger partial charge in [-0.25, -0.2) is 0 Å². The van der Waals surface area contributed by atoms with Crippen molar-refractivity contribution in [2.24, 2.45) is 0 Å². The second-order valence-electron chi connectivity index (χ2n) is 15.6. The van der Waals surface area contributed by atoms with Crippen molar-refractivity contribution in [2.75, 3.05) is 0 Å². The van der Waals surface area contributed by atoms with E-state index in [1.807, 2.05) is 18.2 Å². The number of benzene rings is 9. The second-order valence-corrected chi connectivity index (χ2v) is 19.4. The summed E-state index contributed by atoms with van der Waals surface area (Å²) in [5, 5.41) is 22.6. The van der Waals surface area contributed by atoms with E-state index in [4.69, 9.17) is 4.42 Å². The number of rotatable bonds is 6. The molecule has 3 heterocycles. The number of hydrogen-bond acceptors (Lipinski definition) is 2. The zero-order valence-corrected chi connectivity index (χ0v) is 33.5. The lowest BCUT2D eigenvalue weighted by Crippen LogP contribution is -2.74. The molecule has 0 saturated carbocycles. The van der Waals surface area contributed by atoms with Crippen LogP contribution in [-0.2, 0) is 0 Å². The van der Waals surface area contributed by atoms with Crippen LogP contribution < -0.4 is 20.7 Å². The SMILES string of the molecule is N#Cc1cc(-n2c3ccccc3c3ccccc32)cc([Si](c2ccccc2)(c2ccccc2)c2ccc(-n3c4ccccc4c4ccc5c6ccccc6oc5c43)cc2)c1. The van der Waals surface area contributed by atoms with E-state index >= 15 is 0 Å². The summed E-state index contributed by atoms with van der Waals surface area (Å²) in [6.45, 7) is 0. The number of furan rings is 1. The minimum absolute atomic E-state index is 0.629. The summed E-state index contributed by atoms with van der Waals surface area (Å²) in [6.07, 6.45) is 0. The van der Waals surface area contributed by atoms with Crippen molar-refractivity contribution in [1.29, 1.82) is 5.26 Å². The van der Waals surface area contributed by atoms with E-state index in [0.29, 0.717) is 5.56 Å². The van der Waals surface area contributed by atoms with Crippen LogP contribution in [0, 0.1) is 11.3 Å². The third kappa shape index (κ3) is 4.89. The van der Waals surface area contributed by atoms with Crippen LogP contribution in [0.2, 0.25) is 0 Å². The molecule has 5 heteroatoms. The highest BCUT2D eigenvalue weighted by molar-refractivity contribution is 7.20. The Morgan fingerprint density at radius 3 is 1.50 bits per heavy atom. The van der Waals surface area contributed by atoms with E-state index < -0.39 is 8.07 Å². The minimum Gasteiger partial charge on any atom is -0.454 e. The summed E-state index contributed by atoms with van der Waals surface area (Å²) < 4.78 is 11.4. The Labute approximate surface area is 347 Å². The standard InChI is InChI=1S/C55H35N3OSi/c56-36-37-33-39(57-50-23-11-7-19-44(50)45-20-8-12-24-51(45)57)35-43(34-37)60(40-15-3-1-4-16-40,41-17-5-2-6-18-41)42-29-27-38(28-30-42)58-52-25-13-9-21-46(52)48-31-32-49-47-22-10-14-26-53(47)59-55(49)54(48)58/h1-35H. The van der Waals surface area contributed by atoms with Gasteiger partial charge in [-0.15, -0.1) is 0 Å². The monoisotopic (exact) mass is 781 g/mol. The molecule has 0 bridgehead atoms. The third-order valence-electron chi connectivity index (χ3n) is 12.5. The quantitative estimate of drug-likeness (QED) is 0.125. The first kappa shape index (κ1) is 34.2. The van der Waals surface area contributed by atoms with Gasteiger partial charge in [0.05, 0.1) is 33.7 Å². The summed E-state index contributed by atoms with van der Waals surface area (Å²) in [6, 6.07) is 78.7. The summed E-state index contributed by atoms with van der Waals surface area (Å²) >= 11 is 0. The van der Waals surface area contributed by atoms with Gasteiger partial charge in [-0.05, 0) is 81.4 Å². The van der Waals surface area contributed by atoms with E-state index in [-0.39, 0.29) is 0 Å². The molecule has 12 rings (SSSR count). The first-order chi connectivity index (χ1) is 29.7. The number of aromatic nitrogens is 2.